The second kappa shape index (κ2) is 47.4. The maximum Gasteiger partial charge on any atom is 0.306 e. The molecule has 3 unspecified atom stereocenters. The first kappa shape index (κ1) is 57.3. The van der Waals surface area contributed by atoms with Crippen LogP contribution in [0.2, 0.25) is 0 Å². The summed E-state index contributed by atoms with van der Waals surface area (Å²) in [5.41, 5.74) is 0. The molecule has 0 saturated carbocycles. The van der Waals surface area contributed by atoms with Crippen molar-refractivity contribution in [2.45, 2.75) is 251 Å². The number of allylic oxidation sites excluding steroid dienone is 12. The van der Waals surface area contributed by atoms with Crippen LogP contribution in [0.3, 0.4) is 0 Å². The summed E-state index contributed by atoms with van der Waals surface area (Å²) in [6.45, 7) is 6.32. The number of ether oxygens (including phenoxy) is 1. The molecular weight excluding hydrogens is 743 g/mol. The molecule has 0 heterocycles. The number of hydrogen-bond acceptors (Lipinski definition) is 5. The van der Waals surface area contributed by atoms with Crippen molar-refractivity contribution in [3.05, 3.63) is 72.9 Å². The quantitative estimate of drug-likeness (QED) is 0.0246. The molecule has 0 radical (unpaired) electrons. The van der Waals surface area contributed by atoms with Gasteiger partial charge < -0.3 is 20.3 Å². The predicted molar refractivity (Wildman–Crippen MR) is 259 cm³/mol. The maximum atomic E-state index is 13.2. The molecule has 1 amide bonds. The standard InChI is InChI=1S/C54H95NO5/c1-4-7-10-13-16-19-21-23-25-26-27-28-30-32-35-38-41-44-47-54(59)60-50(45-42-39-36-34-31-29-24-22-20-17-14-11-8-5-2)48-53(58)55-51(49-56)52(57)46-43-40-37-33-18-15-12-9-6-3/h8,11,17,20-21,23-29,50-52,56-57H,4-7,9-10,12-16,18-19,22,30-49H2,1-3H3,(H,55,58)/b11-8+,20-17+,23-21+,26-25+,28-27+,29-24+. The summed E-state index contributed by atoms with van der Waals surface area (Å²) < 4.78 is 5.91. The molecule has 0 aliphatic carbocycles. The Kier molecular flexibility index (Phi) is 45.2. The van der Waals surface area contributed by atoms with Crippen LogP contribution in [0.1, 0.15) is 233 Å². The average molecular weight is 838 g/mol. The summed E-state index contributed by atoms with van der Waals surface area (Å²) in [6.07, 6.45) is 59.6. The molecule has 0 fully saturated rings. The SMILES string of the molecule is CC/C=C/C/C=C/C/C=C/CCCCCCC(CC(=O)NC(CO)C(O)CCCCCCCCCCC)OC(=O)CCCCCCC/C=C/C=C/C=C/CCCCCCC. The van der Waals surface area contributed by atoms with Gasteiger partial charge in [-0.3, -0.25) is 9.59 Å². The third kappa shape index (κ3) is 42.0. The zero-order chi connectivity index (χ0) is 43.8. The minimum Gasteiger partial charge on any atom is -0.462 e. The van der Waals surface area contributed by atoms with Gasteiger partial charge in [-0.05, 0) is 83.5 Å². The number of carbonyl (C=O) groups is 2. The minimum absolute atomic E-state index is 0.0512. The number of amides is 1. The second-order valence-corrected chi connectivity index (χ2v) is 16.9. The first-order chi connectivity index (χ1) is 29.5. The van der Waals surface area contributed by atoms with Gasteiger partial charge in [0, 0.05) is 6.42 Å². The lowest BCUT2D eigenvalue weighted by atomic mass is 10.0. The van der Waals surface area contributed by atoms with Crippen LogP contribution in [0.5, 0.6) is 0 Å². The van der Waals surface area contributed by atoms with Crippen LogP contribution in [0.25, 0.3) is 0 Å². The highest BCUT2D eigenvalue weighted by Crippen LogP contribution is 2.17. The van der Waals surface area contributed by atoms with Crippen molar-refractivity contribution in [3.8, 4) is 0 Å². The van der Waals surface area contributed by atoms with E-state index in [1.165, 1.54) is 77.0 Å². The van der Waals surface area contributed by atoms with Crippen LogP contribution >= 0.6 is 0 Å². The van der Waals surface area contributed by atoms with Crippen LogP contribution < -0.4 is 5.32 Å². The van der Waals surface area contributed by atoms with Gasteiger partial charge >= 0.3 is 5.97 Å². The van der Waals surface area contributed by atoms with Crippen LogP contribution in [-0.2, 0) is 14.3 Å². The molecule has 3 atom stereocenters. The van der Waals surface area contributed by atoms with Crippen molar-refractivity contribution in [1.82, 2.24) is 5.32 Å². The Balaban J connectivity index is 4.65. The molecule has 0 aromatic rings. The third-order valence-corrected chi connectivity index (χ3v) is 11.1. The Morgan fingerprint density at radius 1 is 0.517 bits per heavy atom. The van der Waals surface area contributed by atoms with Gasteiger partial charge in [0.1, 0.15) is 6.10 Å². The lowest BCUT2D eigenvalue weighted by molar-refractivity contribution is -0.151. The van der Waals surface area contributed by atoms with Crippen LogP contribution in [-0.4, -0.2) is 46.9 Å². The Bertz CT molecular complexity index is 1120. The van der Waals surface area contributed by atoms with E-state index in [-0.39, 0.29) is 24.9 Å². The number of aliphatic hydroxyl groups excluding tert-OH is 2. The number of nitrogens with one attached hydrogen (secondary N) is 1. The van der Waals surface area contributed by atoms with Crippen molar-refractivity contribution in [1.29, 1.82) is 0 Å². The Morgan fingerprint density at radius 2 is 0.967 bits per heavy atom. The molecule has 0 aromatic carbocycles. The Morgan fingerprint density at radius 3 is 1.50 bits per heavy atom. The summed E-state index contributed by atoms with van der Waals surface area (Å²) in [6, 6.07) is -0.715. The van der Waals surface area contributed by atoms with Crippen molar-refractivity contribution in [2.75, 3.05) is 6.61 Å². The first-order valence-electron chi connectivity index (χ1n) is 25.2. The molecule has 0 bridgehead atoms. The zero-order valence-corrected chi connectivity index (χ0v) is 39.3. The summed E-state index contributed by atoms with van der Waals surface area (Å²) >= 11 is 0. The predicted octanol–water partition coefficient (Wildman–Crippen LogP) is 15.0. The first-order valence-corrected chi connectivity index (χ1v) is 25.2. The number of hydrogen-bond donors (Lipinski definition) is 3. The van der Waals surface area contributed by atoms with Gasteiger partial charge in [0.15, 0.2) is 0 Å². The number of unbranched alkanes of at least 4 members (excludes halogenated alkanes) is 22. The van der Waals surface area contributed by atoms with Crippen molar-refractivity contribution in [2.24, 2.45) is 0 Å². The van der Waals surface area contributed by atoms with Gasteiger partial charge in [-0.1, -0.05) is 209 Å². The molecule has 0 aliphatic heterocycles. The van der Waals surface area contributed by atoms with Gasteiger partial charge in [-0.25, -0.2) is 0 Å². The lowest BCUT2D eigenvalue weighted by Gasteiger charge is -2.24. The van der Waals surface area contributed by atoms with Crippen LogP contribution in [0, 0.1) is 0 Å². The molecule has 3 N–H and O–H groups in total. The second-order valence-electron chi connectivity index (χ2n) is 16.9. The van der Waals surface area contributed by atoms with Crippen molar-refractivity contribution >= 4 is 11.9 Å². The fourth-order valence-electron chi connectivity index (χ4n) is 7.27. The number of carbonyl (C=O) groups excluding carboxylic acids is 2. The van der Waals surface area contributed by atoms with Gasteiger partial charge in [-0.2, -0.15) is 0 Å². The minimum atomic E-state index is -0.799. The Hall–Kier alpha value is -2.70. The van der Waals surface area contributed by atoms with E-state index in [2.05, 4.69) is 99.0 Å². The monoisotopic (exact) mass is 838 g/mol. The molecule has 0 spiro atoms. The highest BCUT2D eigenvalue weighted by atomic mass is 16.5. The number of aliphatic hydroxyl groups is 2. The van der Waals surface area contributed by atoms with Crippen molar-refractivity contribution in [3.63, 3.8) is 0 Å². The molecule has 0 saturated heterocycles. The van der Waals surface area contributed by atoms with Crippen LogP contribution in [0.15, 0.2) is 72.9 Å². The van der Waals surface area contributed by atoms with E-state index in [9.17, 15) is 19.8 Å². The molecule has 0 aliphatic rings. The summed E-state index contributed by atoms with van der Waals surface area (Å²) in [5, 5.41) is 23.6. The van der Waals surface area contributed by atoms with E-state index in [0.717, 1.165) is 109 Å². The molecule has 0 aromatic heterocycles. The number of rotatable bonds is 44. The van der Waals surface area contributed by atoms with Crippen molar-refractivity contribution < 1.29 is 24.5 Å². The largest absolute Gasteiger partial charge is 0.462 e. The van der Waals surface area contributed by atoms with E-state index < -0.39 is 18.2 Å². The third-order valence-electron chi connectivity index (χ3n) is 11.1. The highest BCUT2D eigenvalue weighted by molar-refractivity contribution is 5.77. The van der Waals surface area contributed by atoms with Crippen LogP contribution in [0.4, 0.5) is 0 Å². The smallest absolute Gasteiger partial charge is 0.306 e. The molecular formula is C54H95NO5. The summed E-state index contributed by atoms with van der Waals surface area (Å²) in [7, 11) is 0. The van der Waals surface area contributed by atoms with Gasteiger partial charge in [0.25, 0.3) is 0 Å². The average Bonchev–Trinajstić information content (AvgIpc) is 3.24. The zero-order valence-electron chi connectivity index (χ0n) is 39.3. The summed E-state index contributed by atoms with van der Waals surface area (Å²) in [4.78, 5) is 26.1. The number of esters is 1. The highest BCUT2D eigenvalue weighted by Gasteiger charge is 2.24. The van der Waals surface area contributed by atoms with E-state index in [0.29, 0.717) is 19.3 Å². The van der Waals surface area contributed by atoms with Gasteiger partial charge in [0.05, 0.1) is 25.2 Å². The van der Waals surface area contributed by atoms with E-state index in [4.69, 9.17) is 4.74 Å². The van der Waals surface area contributed by atoms with E-state index in [1.807, 2.05) is 0 Å². The van der Waals surface area contributed by atoms with Gasteiger partial charge in [0.2, 0.25) is 5.91 Å². The normalized spacial score (nSPS) is 13.9. The molecule has 60 heavy (non-hydrogen) atoms. The van der Waals surface area contributed by atoms with Gasteiger partial charge in [-0.15, -0.1) is 0 Å². The summed E-state index contributed by atoms with van der Waals surface area (Å²) in [5.74, 6) is -0.523. The molecule has 346 valence electrons. The molecule has 0 rings (SSSR count). The molecule has 6 nitrogen and oxygen atoms in total. The fraction of sp³-hybridized carbons (Fsp3) is 0.741. The topological polar surface area (TPSA) is 95.9 Å². The maximum absolute atomic E-state index is 13.2. The Labute approximate surface area is 371 Å². The van der Waals surface area contributed by atoms with E-state index in [1.54, 1.807) is 0 Å². The van der Waals surface area contributed by atoms with E-state index >= 15 is 0 Å². The fourth-order valence-corrected chi connectivity index (χ4v) is 7.27. The molecule has 6 heteroatoms. The lowest BCUT2D eigenvalue weighted by Crippen LogP contribution is -2.46.